The molecule has 0 aromatic heterocycles. The largest absolute Gasteiger partial charge is 0.494 e. The zero-order valence-corrected chi connectivity index (χ0v) is 15.8. The molecule has 0 radical (unpaired) electrons. The Labute approximate surface area is 167 Å². The first-order chi connectivity index (χ1) is 14.1. The molecule has 1 aliphatic heterocycles. The molecule has 3 rings (SSSR count). The normalized spacial score (nSPS) is 12.0. The maximum Gasteiger partial charge on any atom is 0.280 e. The minimum atomic E-state index is -0.537. The summed E-state index contributed by atoms with van der Waals surface area (Å²) in [5.41, 5.74) is 0.0807. The van der Waals surface area contributed by atoms with Crippen molar-refractivity contribution < 1.29 is 28.7 Å². The van der Waals surface area contributed by atoms with Crippen LogP contribution in [-0.2, 0) is 4.79 Å². The van der Waals surface area contributed by atoms with Crippen LogP contribution in [0.25, 0.3) is 6.08 Å². The van der Waals surface area contributed by atoms with E-state index in [1.54, 1.807) is 24.3 Å². The summed E-state index contributed by atoms with van der Waals surface area (Å²) >= 11 is 0. The van der Waals surface area contributed by atoms with Gasteiger partial charge in [-0.05, 0) is 43.3 Å². The second-order valence-corrected chi connectivity index (χ2v) is 5.90. The van der Waals surface area contributed by atoms with E-state index in [2.05, 4.69) is 5.32 Å². The highest BCUT2D eigenvalue weighted by Crippen LogP contribution is 2.38. The van der Waals surface area contributed by atoms with Crippen molar-refractivity contribution in [2.75, 3.05) is 26.6 Å². The highest BCUT2D eigenvalue weighted by molar-refractivity contribution is 5.92. The zero-order valence-electron chi connectivity index (χ0n) is 15.8. The van der Waals surface area contributed by atoms with Crippen molar-refractivity contribution in [1.82, 2.24) is 5.32 Å². The Balaban J connectivity index is 1.49. The molecule has 1 heterocycles. The molecule has 1 aliphatic rings. The van der Waals surface area contributed by atoms with Crippen LogP contribution < -0.4 is 24.3 Å². The number of hydrogen-bond donors (Lipinski definition) is 1. The van der Waals surface area contributed by atoms with Gasteiger partial charge in [0.15, 0.2) is 11.5 Å². The second-order valence-electron chi connectivity index (χ2n) is 5.90. The SMILES string of the molecule is CCOc1ccc(OCCNC(=O)/C=C/c2cc3c(cc2[N+](=O)[O-])OCO3)cc1. The third-order valence-electron chi connectivity index (χ3n) is 3.94. The van der Waals surface area contributed by atoms with Crippen LogP contribution in [0.5, 0.6) is 23.0 Å². The van der Waals surface area contributed by atoms with Gasteiger partial charge in [-0.3, -0.25) is 14.9 Å². The predicted octanol–water partition coefficient (Wildman–Crippen LogP) is 2.93. The van der Waals surface area contributed by atoms with Crippen LogP contribution >= 0.6 is 0 Å². The number of nitro groups is 1. The van der Waals surface area contributed by atoms with E-state index in [4.69, 9.17) is 18.9 Å². The summed E-state index contributed by atoms with van der Waals surface area (Å²) in [6, 6.07) is 9.93. The first-order valence-electron chi connectivity index (χ1n) is 8.96. The van der Waals surface area contributed by atoms with Gasteiger partial charge in [-0.2, -0.15) is 0 Å². The summed E-state index contributed by atoms with van der Waals surface area (Å²) in [7, 11) is 0. The van der Waals surface area contributed by atoms with E-state index in [-0.39, 0.29) is 31.2 Å². The molecule has 0 spiro atoms. The minimum Gasteiger partial charge on any atom is -0.494 e. The maximum absolute atomic E-state index is 12.0. The average Bonchev–Trinajstić information content (AvgIpc) is 3.17. The molecular formula is C20H20N2O7. The van der Waals surface area contributed by atoms with Crippen molar-refractivity contribution in [3.8, 4) is 23.0 Å². The summed E-state index contributed by atoms with van der Waals surface area (Å²) in [6.07, 6.45) is 2.59. The van der Waals surface area contributed by atoms with Gasteiger partial charge in [-0.1, -0.05) is 0 Å². The van der Waals surface area contributed by atoms with Crippen LogP contribution in [0.4, 0.5) is 5.69 Å². The average molecular weight is 400 g/mol. The molecule has 0 bridgehead atoms. The number of benzene rings is 2. The van der Waals surface area contributed by atoms with Gasteiger partial charge in [0, 0.05) is 6.08 Å². The van der Waals surface area contributed by atoms with Crippen molar-refractivity contribution in [2.24, 2.45) is 0 Å². The van der Waals surface area contributed by atoms with Gasteiger partial charge in [0.05, 0.1) is 29.7 Å². The molecule has 0 fully saturated rings. The Morgan fingerprint density at radius 2 is 1.83 bits per heavy atom. The Morgan fingerprint density at radius 3 is 2.48 bits per heavy atom. The maximum atomic E-state index is 12.0. The van der Waals surface area contributed by atoms with E-state index < -0.39 is 10.8 Å². The molecule has 0 aliphatic carbocycles. The Kier molecular flexibility index (Phi) is 6.51. The second kappa shape index (κ2) is 9.45. The van der Waals surface area contributed by atoms with Gasteiger partial charge in [0.1, 0.15) is 18.1 Å². The summed E-state index contributed by atoms with van der Waals surface area (Å²) < 4.78 is 21.2. The third-order valence-corrected chi connectivity index (χ3v) is 3.94. The van der Waals surface area contributed by atoms with Crippen molar-refractivity contribution in [3.63, 3.8) is 0 Å². The van der Waals surface area contributed by atoms with Gasteiger partial charge in [0.25, 0.3) is 5.69 Å². The smallest absolute Gasteiger partial charge is 0.280 e. The van der Waals surface area contributed by atoms with Gasteiger partial charge in [0.2, 0.25) is 12.7 Å². The van der Waals surface area contributed by atoms with Crippen molar-refractivity contribution in [2.45, 2.75) is 6.92 Å². The number of rotatable bonds is 9. The van der Waals surface area contributed by atoms with Crippen LogP contribution in [0, 0.1) is 10.1 Å². The van der Waals surface area contributed by atoms with Gasteiger partial charge in [-0.15, -0.1) is 0 Å². The van der Waals surface area contributed by atoms with E-state index in [9.17, 15) is 14.9 Å². The Morgan fingerprint density at radius 1 is 1.17 bits per heavy atom. The van der Waals surface area contributed by atoms with Crippen LogP contribution in [0.15, 0.2) is 42.5 Å². The molecule has 9 heteroatoms. The van der Waals surface area contributed by atoms with Gasteiger partial charge >= 0.3 is 0 Å². The van der Waals surface area contributed by atoms with Crippen LogP contribution in [-0.4, -0.2) is 37.4 Å². The molecule has 9 nitrogen and oxygen atoms in total. The number of hydrogen-bond acceptors (Lipinski definition) is 7. The summed E-state index contributed by atoms with van der Waals surface area (Å²) in [4.78, 5) is 22.6. The topological polar surface area (TPSA) is 109 Å². The molecule has 0 atom stereocenters. The first-order valence-corrected chi connectivity index (χ1v) is 8.96. The predicted molar refractivity (Wildman–Crippen MR) is 104 cm³/mol. The highest BCUT2D eigenvalue weighted by atomic mass is 16.7. The summed E-state index contributed by atoms with van der Waals surface area (Å²) in [6.45, 7) is 3.06. The van der Waals surface area contributed by atoms with E-state index in [0.717, 1.165) is 5.75 Å². The van der Waals surface area contributed by atoms with Crippen LogP contribution in [0.1, 0.15) is 12.5 Å². The molecule has 2 aromatic carbocycles. The number of nitro benzene ring substituents is 1. The summed E-state index contributed by atoms with van der Waals surface area (Å²) in [5, 5.41) is 13.9. The number of nitrogens with one attached hydrogen (secondary N) is 1. The quantitative estimate of drug-likeness (QED) is 0.298. The Bertz CT molecular complexity index is 910. The first kappa shape index (κ1) is 20.0. The fraction of sp³-hybridized carbons (Fsp3) is 0.250. The van der Waals surface area contributed by atoms with Crippen molar-refractivity contribution in [3.05, 3.63) is 58.2 Å². The van der Waals surface area contributed by atoms with Crippen molar-refractivity contribution >= 4 is 17.7 Å². The lowest BCUT2D eigenvalue weighted by molar-refractivity contribution is -0.385. The van der Waals surface area contributed by atoms with Crippen molar-refractivity contribution in [1.29, 1.82) is 0 Å². The summed E-state index contributed by atoms with van der Waals surface area (Å²) in [5.74, 6) is 1.74. The molecule has 29 heavy (non-hydrogen) atoms. The molecule has 0 saturated carbocycles. The lowest BCUT2D eigenvalue weighted by atomic mass is 10.1. The number of ether oxygens (including phenoxy) is 4. The van der Waals surface area contributed by atoms with Gasteiger partial charge < -0.3 is 24.3 Å². The van der Waals surface area contributed by atoms with E-state index in [1.165, 1.54) is 24.3 Å². The standard InChI is InChI=1S/C20H20N2O7/c1-2-26-15-4-6-16(7-5-15)27-10-9-21-20(23)8-3-14-11-18-19(29-13-28-18)12-17(14)22(24)25/h3-8,11-12H,2,9-10,13H2,1H3,(H,21,23)/b8-3+. The molecule has 1 N–H and O–H groups in total. The number of fused-ring (bicyclic) bond motifs is 1. The number of carbonyl (C=O) groups is 1. The van der Waals surface area contributed by atoms with Crippen LogP contribution in [0.3, 0.4) is 0 Å². The molecular weight excluding hydrogens is 380 g/mol. The van der Waals surface area contributed by atoms with E-state index in [1.807, 2.05) is 6.92 Å². The number of amides is 1. The molecule has 2 aromatic rings. The number of carbonyl (C=O) groups excluding carboxylic acids is 1. The molecule has 0 saturated heterocycles. The monoisotopic (exact) mass is 400 g/mol. The molecule has 1 amide bonds. The number of nitrogens with zero attached hydrogens (tertiary/aromatic N) is 1. The fourth-order valence-corrected chi connectivity index (χ4v) is 2.60. The van der Waals surface area contributed by atoms with Gasteiger partial charge in [-0.25, -0.2) is 0 Å². The van der Waals surface area contributed by atoms with Crippen LogP contribution in [0.2, 0.25) is 0 Å². The Hall–Kier alpha value is -3.75. The zero-order chi connectivity index (χ0) is 20.6. The molecule has 0 unspecified atom stereocenters. The third kappa shape index (κ3) is 5.38. The fourth-order valence-electron chi connectivity index (χ4n) is 2.60. The van der Waals surface area contributed by atoms with E-state index in [0.29, 0.717) is 23.9 Å². The lowest BCUT2D eigenvalue weighted by Crippen LogP contribution is -2.26. The highest BCUT2D eigenvalue weighted by Gasteiger charge is 2.22. The molecule has 152 valence electrons. The lowest BCUT2D eigenvalue weighted by Gasteiger charge is -2.08. The minimum absolute atomic E-state index is 0.00843. The van der Waals surface area contributed by atoms with E-state index >= 15 is 0 Å².